The van der Waals surface area contributed by atoms with E-state index in [4.69, 9.17) is 4.42 Å². The van der Waals surface area contributed by atoms with Crippen molar-refractivity contribution in [3.8, 4) is 11.4 Å². The molecule has 0 unspecified atom stereocenters. The minimum absolute atomic E-state index is 0.225. The number of rotatable bonds is 3. The summed E-state index contributed by atoms with van der Waals surface area (Å²) in [5, 5.41) is 19.4. The zero-order valence-electron chi connectivity index (χ0n) is 9.99. The Morgan fingerprint density at radius 2 is 2.16 bits per heavy atom. The first-order chi connectivity index (χ1) is 9.20. The molecule has 0 amide bonds. The molecule has 96 valence electrons. The fourth-order valence-electron chi connectivity index (χ4n) is 1.58. The molecule has 2 heterocycles. The van der Waals surface area contributed by atoms with Crippen LogP contribution in [0.4, 0.5) is 4.39 Å². The highest BCUT2D eigenvalue weighted by Crippen LogP contribution is 2.14. The Labute approximate surface area is 107 Å². The summed E-state index contributed by atoms with van der Waals surface area (Å²) in [4.78, 5) is 1.31. The van der Waals surface area contributed by atoms with E-state index in [0.29, 0.717) is 23.2 Å². The van der Waals surface area contributed by atoms with Gasteiger partial charge in [0, 0.05) is 12.5 Å². The average Bonchev–Trinajstić information content (AvgIpc) is 2.99. The van der Waals surface area contributed by atoms with Gasteiger partial charge >= 0.3 is 0 Å². The molecule has 0 aliphatic carbocycles. The van der Waals surface area contributed by atoms with Crippen molar-refractivity contribution in [1.29, 1.82) is 0 Å². The normalized spacial score (nSPS) is 10.8. The SMILES string of the molecule is Cc1nnc(Cn2nnc(-c3cccc(F)c3)n2)o1. The van der Waals surface area contributed by atoms with E-state index in [0.717, 1.165) is 0 Å². The van der Waals surface area contributed by atoms with Gasteiger partial charge in [0.15, 0.2) is 0 Å². The van der Waals surface area contributed by atoms with Gasteiger partial charge in [0.1, 0.15) is 12.4 Å². The van der Waals surface area contributed by atoms with Gasteiger partial charge < -0.3 is 4.42 Å². The summed E-state index contributed by atoms with van der Waals surface area (Å²) in [5.41, 5.74) is 0.563. The summed E-state index contributed by atoms with van der Waals surface area (Å²) in [6.07, 6.45) is 0. The van der Waals surface area contributed by atoms with E-state index in [1.165, 1.54) is 16.9 Å². The van der Waals surface area contributed by atoms with Gasteiger partial charge in [0.05, 0.1) is 0 Å². The van der Waals surface area contributed by atoms with Crippen LogP contribution < -0.4 is 0 Å². The molecule has 0 aliphatic rings. The second kappa shape index (κ2) is 4.56. The van der Waals surface area contributed by atoms with Gasteiger partial charge in [-0.15, -0.1) is 20.4 Å². The third kappa shape index (κ3) is 2.46. The first kappa shape index (κ1) is 11.5. The maximum absolute atomic E-state index is 13.1. The molecule has 0 saturated carbocycles. The number of hydrogen-bond donors (Lipinski definition) is 0. The van der Waals surface area contributed by atoms with Crippen LogP contribution in [-0.4, -0.2) is 30.4 Å². The van der Waals surface area contributed by atoms with Crippen LogP contribution >= 0.6 is 0 Å². The quantitative estimate of drug-likeness (QED) is 0.704. The Kier molecular flexibility index (Phi) is 2.75. The molecule has 3 rings (SSSR count). The van der Waals surface area contributed by atoms with E-state index in [1.54, 1.807) is 19.1 Å². The van der Waals surface area contributed by atoms with Crippen molar-refractivity contribution in [2.24, 2.45) is 0 Å². The van der Waals surface area contributed by atoms with Crippen LogP contribution in [0.5, 0.6) is 0 Å². The fraction of sp³-hybridized carbons (Fsp3) is 0.182. The van der Waals surface area contributed by atoms with E-state index in [1.807, 2.05) is 0 Å². The molecule has 19 heavy (non-hydrogen) atoms. The van der Waals surface area contributed by atoms with Gasteiger partial charge in [-0.2, -0.15) is 4.80 Å². The van der Waals surface area contributed by atoms with Crippen LogP contribution in [0.1, 0.15) is 11.8 Å². The molecule has 0 radical (unpaired) electrons. The number of aryl methyl sites for hydroxylation is 1. The highest BCUT2D eigenvalue weighted by atomic mass is 19.1. The van der Waals surface area contributed by atoms with Gasteiger partial charge in [-0.05, 0) is 17.3 Å². The Morgan fingerprint density at radius 1 is 1.26 bits per heavy atom. The first-order valence-electron chi connectivity index (χ1n) is 5.53. The lowest BCUT2D eigenvalue weighted by atomic mass is 10.2. The maximum Gasteiger partial charge on any atom is 0.239 e. The molecular weight excluding hydrogens is 251 g/mol. The van der Waals surface area contributed by atoms with E-state index in [9.17, 15) is 4.39 Å². The Balaban J connectivity index is 1.83. The number of benzene rings is 1. The third-order valence-electron chi connectivity index (χ3n) is 2.38. The molecule has 7 nitrogen and oxygen atoms in total. The molecule has 0 spiro atoms. The van der Waals surface area contributed by atoms with Crippen LogP contribution in [0, 0.1) is 12.7 Å². The van der Waals surface area contributed by atoms with E-state index < -0.39 is 0 Å². The molecule has 0 N–H and O–H groups in total. The van der Waals surface area contributed by atoms with Gasteiger partial charge in [0.25, 0.3) is 0 Å². The number of halogens is 1. The van der Waals surface area contributed by atoms with Crippen molar-refractivity contribution < 1.29 is 8.81 Å². The largest absolute Gasteiger partial charge is 0.423 e. The Morgan fingerprint density at radius 3 is 2.89 bits per heavy atom. The lowest BCUT2D eigenvalue weighted by Crippen LogP contribution is -2.04. The molecule has 3 aromatic rings. The van der Waals surface area contributed by atoms with E-state index in [2.05, 4.69) is 25.6 Å². The topological polar surface area (TPSA) is 82.5 Å². The summed E-state index contributed by atoms with van der Waals surface area (Å²) in [7, 11) is 0. The van der Waals surface area contributed by atoms with Gasteiger partial charge in [-0.25, -0.2) is 4.39 Å². The van der Waals surface area contributed by atoms with Crippen LogP contribution in [-0.2, 0) is 6.54 Å². The Bertz CT molecular complexity index is 707. The van der Waals surface area contributed by atoms with Crippen LogP contribution in [0.2, 0.25) is 0 Å². The average molecular weight is 260 g/mol. The lowest BCUT2D eigenvalue weighted by Gasteiger charge is -1.94. The Hall–Kier alpha value is -2.64. The van der Waals surface area contributed by atoms with Crippen molar-refractivity contribution in [3.05, 3.63) is 41.9 Å². The molecule has 8 heteroatoms. The summed E-state index contributed by atoms with van der Waals surface area (Å²) in [5.74, 6) is 0.860. The molecule has 0 atom stereocenters. The lowest BCUT2D eigenvalue weighted by molar-refractivity contribution is 0.424. The van der Waals surface area contributed by atoms with E-state index >= 15 is 0 Å². The summed E-state index contributed by atoms with van der Waals surface area (Å²) >= 11 is 0. The smallest absolute Gasteiger partial charge is 0.239 e. The van der Waals surface area contributed by atoms with Crippen LogP contribution in [0.15, 0.2) is 28.7 Å². The molecule has 1 aromatic carbocycles. The van der Waals surface area contributed by atoms with Crippen molar-refractivity contribution in [1.82, 2.24) is 30.4 Å². The maximum atomic E-state index is 13.1. The minimum atomic E-state index is -0.346. The van der Waals surface area contributed by atoms with E-state index in [-0.39, 0.29) is 12.4 Å². The second-order valence-electron chi connectivity index (χ2n) is 3.87. The van der Waals surface area contributed by atoms with Gasteiger partial charge in [0.2, 0.25) is 17.6 Å². The summed E-state index contributed by atoms with van der Waals surface area (Å²) in [6.45, 7) is 1.92. The highest BCUT2D eigenvalue weighted by Gasteiger charge is 2.09. The second-order valence-corrected chi connectivity index (χ2v) is 3.87. The van der Waals surface area contributed by atoms with Crippen LogP contribution in [0.3, 0.4) is 0 Å². The molecule has 0 bridgehead atoms. The standard InChI is InChI=1S/C11H9FN6O/c1-7-13-14-10(19-7)6-18-16-11(15-17-18)8-3-2-4-9(12)5-8/h2-5H,6H2,1H3. The predicted octanol–water partition coefficient (Wildman–Crippen LogP) is 1.22. The zero-order chi connectivity index (χ0) is 13.2. The van der Waals surface area contributed by atoms with Crippen LogP contribution in [0.25, 0.3) is 11.4 Å². The van der Waals surface area contributed by atoms with Crippen molar-refractivity contribution in [2.75, 3.05) is 0 Å². The summed E-state index contributed by atoms with van der Waals surface area (Å²) < 4.78 is 18.3. The number of hydrogen-bond acceptors (Lipinski definition) is 6. The van der Waals surface area contributed by atoms with Crippen molar-refractivity contribution in [3.63, 3.8) is 0 Å². The summed E-state index contributed by atoms with van der Waals surface area (Å²) in [6, 6.07) is 6.00. The minimum Gasteiger partial charge on any atom is -0.423 e. The molecule has 2 aromatic heterocycles. The number of tetrazole rings is 1. The van der Waals surface area contributed by atoms with Gasteiger partial charge in [-0.3, -0.25) is 0 Å². The van der Waals surface area contributed by atoms with Crippen molar-refractivity contribution >= 4 is 0 Å². The molecule has 0 aliphatic heterocycles. The third-order valence-corrected chi connectivity index (χ3v) is 2.38. The first-order valence-corrected chi connectivity index (χ1v) is 5.53. The molecule has 0 saturated heterocycles. The number of aromatic nitrogens is 6. The number of nitrogens with zero attached hydrogens (tertiary/aromatic N) is 6. The molecule has 0 fully saturated rings. The molecular formula is C11H9FN6O. The zero-order valence-corrected chi connectivity index (χ0v) is 9.99. The van der Waals surface area contributed by atoms with Gasteiger partial charge in [-0.1, -0.05) is 12.1 Å². The highest BCUT2D eigenvalue weighted by molar-refractivity contribution is 5.53. The predicted molar refractivity (Wildman–Crippen MR) is 61.3 cm³/mol. The fourth-order valence-corrected chi connectivity index (χ4v) is 1.58. The van der Waals surface area contributed by atoms with Crippen molar-refractivity contribution in [2.45, 2.75) is 13.5 Å². The monoisotopic (exact) mass is 260 g/mol.